The second kappa shape index (κ2) is 2.62. The molecule has 1 aromatic rings. The van der Waals surface area contributed by atoms with E-state index < -0.39 is 0 Å². The molecule has 0 atom stereocenters. The van der Waals surface area contributed by atoms with Gasteiger partial charge >= 0.3 is 0 Å². The van der Waals surface area contributed by atoms with Gasteiger partial charge in [0.05, 0.1) is 28.4 Å². The molecule has 0 saturated carbocycles. The summed E-state index contributed by atoms with van der Waals surface area (Å²) in [6, 6.07) is 1.91. The van der Waals surface area contributed by atoms with E-state index in [0.29, 0.717) is 0 Å². The highest BCUT2D eigenvalue weighted by molar-refractivity contribution is 7.71. The standard InChI is InChI=1S/C9H6N4S/c14-7-1-6-5(2-10-3-11-6)8-9(7)13-4-12-8/h1-4H,(H,10,11)(H,12,13). The quantitative estimate of drug-likeness (QED) is 0.549. The molecular formula is C9H6N4S. The third kappa shape index (κ3) is 0.898. The summed E-state index contributed by atoms with van der Waals surface area (Å²) in [5.74, 6) is 0. The SMILES string of the molecule is S=c1cc2[nH]cncc-2c2nc[nH]c12. The minimum absolute atomic E-state index is 0.771. The van der Waals surface area contributed by atoms with Crippen molar-refractivity contribution in [2.45, 2.75) is 0 Å². The van der Waals surface area contributed by atoms with E-state index >= 15 is 0 Å². The summed E-state index contributed by atoms with van der Waals surface area (Å²) in [5, 5.41) is 0. The van der Waals surface area contributed by atoms with E-state index in [-0.39, 0.29) is 0 Å². The molecule has 1 aliphatic carbocycles. The Labute approximate surface area is 84.4 Å². The van der Waals surface area contributed by atoms with Crippen molar-refractivity contribution in [1.29, 1.82) is 0 Å². The maximum atomic E-state index is 5.22. The van der Waals surface area contributed by atoms with Gasteiger partial charge in [0.1, 0.15) is 5.52 Å². The molecule has 0 spiro atoms. The summed E-state index contributed by atoms with van der Waals surface area (Å²) in [6.07, 6.45) is 5.06. The molecule has 1 aromatic heterocycles. The van der Waals surface area contributed by atoms with Crippen LogP contribution in [0.2, 0.25) is 0 Å². The Morgan fingerprint density at radius 3 is 3.07 bits per heavy atom. The third-order valence-corrected chi connectivity index (χ3v) is 2.53. The Morgan fingerprint density at radius 2 is 2.14 bits per heavy atom. The second-order valence-electron chi connectivity index (χ2n) is 3.01. The number of rotatable bonds is 0. The number of H-pyrrole nitrogens is 2. The van der Waals surface area contributed by atoms with E-state index in [1.54, 1.807) is 18.9 Å². The fourth-order valence-electron chi connectivity index (χ4n) is 1.56. The van der Waals surface area contributed by atoms with Crippen molar-refractivity contribution in [3.8, 4) is 11.3 Å². The molecule has 0 bridgehead atoms. The maximum Gasteiger partial charge on any atom is 0.101 e. The lowest BCUT2D eigenvalue weighted by molar-refractivity contribution is 1.17. The van der Waals surface area contributed by atoms with Gasteiger partial charge in [0.25, 0.3) is 0 Å². The largest absolute Gasteiger partial charge is 0.346 e. The molecule has 4 nitrogen and oxygen atoms in total. The summed E-state index contributed by atoms with van der Waals surface area (Å²) in [7, 11) is 0. The van der Waals surface area contributed by atoms with Crippen LogP contribution in [0, 0.1) is 4.51 Å². The third-order valence-electron chi connectivity index (χ3n) is 2.20. The molecule has 2 aliphatic rings. The number of nitrogens with one attached hydrogen (secondary N) is 2. The summed E-state index contributed by atoms with van der Waals surface area (Å²) in [4.78, 5) is 14.3. The molecule has 2 heterocycles. The minimum atomic E-state index is 0.771. The van der Waals surface area contributed by atoms with Crippen molar-refractivity contribution in [2.75, 3.05) is 0 Å². The lowest BCUT2D eigenvalue weighted by Crippen LogP contribution is -1.89. The monoisotopic (exact) mass is 202 g/mol. The van der Waals surface area contributed by atoms with Crippen LogP contribution in [0.1, 0.15) is 0 Å². The van der Waals surface area contributed by atoms with Crippen molar-refractivity contribution >= 4 is 23.3 Å². The molecule has 0 aromatic carbocycles. The molecule has 0 amide bonds. The van der Waals surface area contributed by atoms with Gasteiger partial charge in [0.15, 0.2) is 0 Å². The molecule has 68 valence electrons. The highest BCUT2D eigenvalue weighted by atomic mass is 32.1. The number of imidazole rings is 1. The van der Waals surface area contributed by atoms with E-state index in [1.807, 2.05) is 6.07 Å². The lowest BCUT2D eigenvalue weighted by atomic mass is 10.1. The number of aromatic amines is 2. The van der Waals surface area contributed by atoms with Crippen molar-refractivity contribution in [2.24, 2.45) is 0 Å². The smallest absolute Gasteiger partial charge is 0.101 e. The molecule has 0 saturated heterocycles. The number of fused-ring (bicyclic) bond motifs is 3. The molecule has 5 heteroatoms. The highest BCUT2D eigenvalue weighted by Crippen LogP contribution is 2.26. The number of hydrogen-bond donors (Lipinski definition) is 2. The van der Waals surface area contributed by atoms with Gasteiger partial charge in [-0.05, 0) is 6.07 Å². The fraction of sp³-hybridized carbons (Fsp3) is 0. The van der Waals surface area contributed by atoms with Gasteiger partial charge in [-0.25, -0.2) is 9.97 Å². The normalized spacial score (nSPS) is 11.1. The summed E-state index contributed by atoms with van der Waals surface area (Å²) >= 11 is 5.22. The van der Waals surface area contributed by atoms with E-state index in [1.165, 1.54) is 0 Å². The van der Waals surface area contributed by atoms with Gasteiger partial charge in [0.2, 0.25) is 0 Å². The summed E-state index contributed by atoms with van der Waals surface area (Å²) in [5.41, 5.74) is 3.72. The molecule has 0 radical (unpaired) electrons. The van der Waals surface area contributed by atoms with Crippen LogP contribution in [-0.2, 0) is 0 Å². The Balaban J connectivity index is 2.66. The maximum absolute atomic E-state index is 5.22. The van der Waals surface area contributed by atoms with E-state index in [4.69, 9.17) is 12.2 Å². The first kappa shape index (κ1) is 7.64. The van der Waals surface area contributed by atoms with Crippen LogP contribution in [0.15, 0.2) is 24.9 Å². The molecule has 0 unspecified atom stereocenters. The molecule has 2 N–H and O–H groups in total. The van der Waals surface area contributed by atoms with Crippen molar-refractivity contribution in [3.63, 3.8) is 0 Å². The predicted octanol–water partition coefficient (Wildman–Crippen LogP) is 2.12. The Kier molecular flexibility index (Phi) is 1.43. The predicted molar refractivity (Wildman–Crippen MR) is 55.7 cm³/mol. The Morgan fingerprint density at radius 1 is 1.21 bits per heavy atom. The van der Waals surface area contributed by atoms with E-state index in [2.05, 4.69) is 19.9 Å². The van der Waals surface area contributed by atoms with Crippen LogP contribution >= 0.6 is 12.2 Å². The zero-order valence-electron chi connectivity index (χ0n) is 7.11. The van der Waals surface area contributed by atoms with Gasteiger partial charge in [0, 0.05) is 11.8 Å². The van der Waals surface area contributed by atoms with Gasteiger partial charge in [-0.1, -0.05) is 12.2 Å². The molecular weight excluding hydrogens is 196 g/mol. The molecule has 1 aliphatic heterocycles. The average molecular weight is 202 g/mol. The van der Waals surface area contributed by atoms with Crippen LogP contribution in [0.3, 0.4) is 0 Å². The van der Waals surface area contributed by atoms with E-state index in [0.717, 1.165) is 26.8 Å². The van der Waals surface area contributed by atoms with Gasteiger partial charge in [-0.2, -0.15) is 0 Å². The van der Waals surface area contributed by atoms with Crippen molar-refractivity contribution in [1.82, 2.24) is 19.9 Å². The highest BCUT2D eigenvalue weighted by Gasteiger charge is 2.09. The number of nitrogens with zero attached hydrogens (tertiary/aromatic N) is 2. The molecule has 14 heavy (non-hydrogen) atoms. The zero-order chi connectivity index (χ0) is 9.54. The van der Waals surface area contributed by atoms with Crippen LogP contribution < -0.4 is 0 Å². The van der Waals surface area contributed by atoms with E-state index in [9.17, 15) is 0 Å². The minimum Gasteiger partial charge on any atom is -0.346 e. The van der Waals surface area contributed by atoms with Gasteiger partial charge < -0.3 is 9.97 Å². The Hall–Kier alpha value is -1.75. The summed E-state index contributed by atoms with van der Waals surface area (Å²) < 4.78 is 0.771. The van der Waals surface area contributed by atoms with Gasteiger partial charge in [-0.15, -0.1) is 0 Å². The summed E-state index contributed by atoms with van der Waals surface area (Å²) in [6.45, 7) is 0. The number of hydrogen-bond acceptors (Lipinski definition) is 3. The Bertz CT molecular complexity index is 624. The first-order valence-electron chi connectivity index (χ1n) is 4.15. The first-order chi connectivity index (χ1) is 6.86. The lowest BCUT2D eigenvalue weighted by Gasteiger charge is -2.03. The average Bonchev–Trinajstić information content (AvgIpc) is 2.67. The topological polar surface area (TPSA) is 57.4 Å². The fourth-order valence-corrected chi connectivity index (χ4v) is 1.84. The van der Waals surface area contributed by atoms with Gasteiger partial charge in [-0.3, -0.25) is 0 Å². The molecule has 0 fully saturated rings. The zero-order valence-corrected chi connectivity index (χ0v) is 7.93. The second-order valence-corrected chi connectivity index (χ2v) is 3.45. The van der Waals surface area contributed by atoms with Crippen LogP contribution in [-0.4, -0.2) is 19.9 Å². The van der Waals surface area contributed by atoms with Crippen molar-refractivity contribution in [3.05, 3.63) is 29.4 Å². The first-order valence-corrected chi connectivity index (χ1v) is 4.55. The van der Waals surface area contributed by atoms with Crippen LogP contribution in [0.4, 0.5) is 0 Å². The molecule has 3 rings (SSSR count). The van der Waals surface area contributed by atoms with Crippen LogP contribution in [0.5, 0.6) is 0 Å². The van der Waals surface area contributed by atoms with Crippen molar-refractivity contribution < 1.29 is 0 Å². The number of aromatic nitrogens is 4. The van der Waals surface area contributed by atoms with Crippen LogP contribution in [0.25, 0.3) is 22.3 Å². The number of benzene rings is 1.